The van der Waals surface area contributed by atoms with E-state index in [4.69, 9.17) is 25.5 Å². The Kier molecular flexibility index (Phi) is 7.83. The lowest BCUT2D eigenvalue weighted by Gasteiger charge is -2.15. The Balaban J connectivity index is 1.53. The summed E-state index contributed by atoms with van der Waals surface area (Å²) >= 11 is 6.53. The lowest BCUT2D eigenvalue weighted by Crippen LogP contribution is -2.30. The first-order valence-corrected chi connectivity index (χ1v) is 11.8. The number of amides is 3. The molecule has 10 heteroatoms. The lowest BCUT2D eigenvalue weighted by molar-refractivity contribution is -0.123. The van der Waals surface area contributed by atoms with Gasteiger partial charge in [-0.15, -0.1) is 0 Å². The van der Waals surface area contributed by atoms with Crippen LogP contribution >= 0.6 is 11.6 Å². The summed E-state index contributed by atoms with van der Waals surface area (Å²) < 4.78 is 21.7. The number of benzene rings is 2. The number of aryl methyl sites for hydroxylation is 1. The molecule has 1 aromatic heterocycles. The number of methoxy groups -OCH3 is 1. The van der Waals surface area contributed by atoms with Crippen LogP contribution in [0.15, 0.2) is 58.6 Å². The summed E-state index contributed by atoms with van der Waals surface area (Å²) in [5, 5.41) is 2.85. The zero-order chi connectivity index (χ0) is 26.5. The first kappa shape index (κ1) is 25.8. The summed E-state index contributed by atoms with van der Waals surface area (Å²) in [5.41, 5.74) is 2.69. The maximum atomic E-state index is 12.9. The van der Waals surface area contributed by atoms with Crippen molar-refractivity contribution in [2.75, 3.05) is 13.7 Å². The highest BCUT2D eigenvalue weighted by atomic mass is 35.5. The molecule has 1 aliphatic rings. The number of rotatable bonds is 9. The molecule has 0 bridgehead atoms. The topological polar surface area (TPSA) is 107 Å². The summed E-state index contributed by atoms with van der Waals surface area (Å²) in [6.45, 7) is 4.36. The molecule has 1 saturated heterocycles. The summed E-state index contributed by atoms with van der Waals surface area (Å²) in [5.74, 6) is -0.193. The SMILES string of the molecule is CCOc1cc(/C=C2\NC(=O)N(Cc3ccc(C(=O)OC)o3)C2=O)cc(Cl)c1OCc1cccc(C)c1. The molecule has 0 saturated carbocycles. The van der Waals surface area contributed by atoms with Crippen molar-refractivity contribution in [1.82, 2.24) is 10.2 Å². The van der Waals surface area contributed by atoms with Crippen LogP contribution in [0.1, 0.15) is 39.9 Å². The molecule has 4 rings (SSSR count). The number of carbonyl (C=O) groups is 3. The van der Waals surface area contributed by atoms with E-state index in [9.17, 15) is 14.4 Å². The number of hydrogen-bond acceptors (Lipinski definition) is 7. The van der Waals surface area contributed by atoms with Crippen molar-refractivity contribution in [2.24, 2.45) is 0 Å². The summed E-state index contributed by atoms with van der Waals surface area (Å²) in [6, 6.07) is 13.5. The van der Waals surface area contributed by atoms with Crippen molar-refractivity contribution in [3.05, 3.63) is 87.5 Å². The third-order valence-electron chi connectivity index (χ3n) is 5.43. The van der Waals surface area contributed by atoms with Gasteiger partial charge in [-0.1, -0.05) is 41.4 Å². The van der Waals surface area contributed by atoms with Crippen molar-refractivity contribution in [1.29, 1.82) is 0 Å². The molecule has 2 aromatic carbocycles. The van der Waals surface area contributed by atoms with Gasteiger partial charge < -0.3 is 23.9 Å². The number of esters is 1. The average molecular weight is 525 g/mol. The summed E-state index contributed by atoms with van der Waals surface area (Å²) in [7, 11) is 1.23. The molecule has 0 spiro atoms. The molecular weight excluding hydrogens is 500 g/mol. The highest BCUT2D eigenvalue weighted by Gasteiger charge is 2.34. The van der Waals surface area contributed by atoms with Crippen LogP contribution in [0.2, 0.25) is 5.02 Å². The van der Waals surface area contributed by atoms with Crippen LogP contribution < -0.4 is 14.8 Å². The Hall–Kier alpha value is -4.24. The van der Waals surface area contributed by atoms with Crippen LogP contribution in [0.25, 0.3) is 6.08 Å². The van der Waals surface area contributed by atoms with Crippen LogP contribution in [-0.4, -0.2) is 36.5 Å². The monoisotopic (exact) mass is 524 g/mol. The second kappa shape index (κ2) is 11.2. The molecule has 3 aromatic rings. The van der Waals surface area contributed by atoms with Crippen molar-refractivity contribution in [3.8, 4) is 11.5 Å². The number of hydrogen-bond donors (Lipinski definition) is 1. The fraction of sp³-hybridized carbons (Fsp3) is 0.222. The van der Waals surface area contributed by atoms with Gasteiger partial charge in [0, 0.05) is 0 Å². The third-order valence-corrected chi connectivity index (χ3v) is 5.71. The number of halogens is 1. The van der Waals surface area contributed by atoms with E-state index in [0.717, 1.165) is 16.0 Å². The maximum absolute atomic E-state index is 12.9. The van der Waals surface area contributed by atoms with E-state index in [0.29, 0.717) is 35.3 Å². The van der Waals surface area contributed by atoms with Gasteiger partial charge in [-0.25, -0.2) is 9.59 Å². The molecule has 2 heterocycles. The molecule has 0 atom stereocenters. The van der Waals surface area contributed by atoms with Gasteiger partial charge >= 0.3 is 12.0 Å². The molecule has 37 heavy (non-hydrogen) atoms. The molecular formula is C27H25ClN2O7. The van der Waals surface area contributed by atoms with Gasteiger partial charge in [-0.2, -0.15) is 0 Å². The molecule has 192 valence electrons. The first-order valence-electron chi connectivity index (χ1n) is 11.4. The van der Waals surface area contributed by atoms with Crippen LogP contribution in [0.5, 0.6) is 11.5 Å². The minimum atomic E-state index is -0.655. The second-order valence-electron chi connectivity index (χ2n) is 8.18. The standard InChI is InChI=1S/C27H25ClN2O7/c1-4-35-23-13-18(11-20(28)24(23)36-15-17-7-5-6-16(2)10-17)12-21-25(31)30(27(33)29-21)14-19-8-9-22(37-19)26(32)34-3/h5-13H,4,14-15H2,1-3H3,(H,29,33)/b21-12-. The van der Waals surface area contributed by atoms with E-state index >= 15 is 0 Å². The van der Waals surface area contributed by atoms with Crippen LogP contribution in [-0.2, 0) is 22.7 Å². The Morgan fingerprint density at radius 3 is 2.68 bits per heavy atom. The predicted octanol–water partition coefficient (Wildman–Crippen LogP) is 5.10. The normalized spacial score (nSPS) is 14.2. The molecule has 9 nitrogen and oxygen atoms in total. The van der Waals surface area contributed by atoms with E-state index in [2.05, 4.69) is 10.1 Å². The summed E-state index contributed by atoms with van der Waals surface area (Å²) in [6.07, 6.45) is 1.50. The Bertz CT molecular complexity index is 1380. The number of imide groups is 1. The molecule has 1 fully saturated rings. The van der Waals surface area contributed by atoms with E-state index in [1.54, 1.807) is 12.1 Å². The maximum Gasteiger partial charge on any atom is 0.373 e. The minimum absolute atomic E-state index is 0.0249. The highest BCUT2D eigenvalue weighted by molar-refractivity contribution is 6.32. The smallest absolute Gasteiger partial charge is 0.373 e. The number of nitrogens with one attached hydrogen (secondary N) is 1. The number of furan rings is 1. The van der Waals surface area contributed by atoms with E-state index < -0.39 is 17.9 Å². The van der Waals surface area contributed by atoms with Gasteiger partial charge in [0.25, 0.3) is 5.91 Å². The van der Waals surface area contributed by atoms with Crippen LogP contribution in [0.4, 0.5) is 4.79 Å². The fourth-order valence-corrected chi connectivity index (χ4v) is 4.02. The van der Waals surface area contributed by atoms with Crippen LogP contribution in [0.3, 0.4) is 0 Å². The van der Waals surface area contributed by atoms with Crippen molar-refractivity contribution in [3.63, 3.8) is 0 Å². The highest BCUT2D eigenvalue weighted by Crippen LogP contribution is 2.38. The predicted molar refractivity (Wildman–Crippen MR) is 135 cm³/mol. The molecule has 0 aliphatic carbocycles. The van der Waals surface area contributed by atoms with E-state index in [-0.39, 0.29) is 23.8 Å². The number of nitrogens with zero attached hydrogens (tertiary/aromatic N) is 1. The number of urea groups is 1. The Labute approximate surface area is 218 Å². The van der Waals surface area contributed by atoms with Crippen molar-refractivity contribution < 1.29 is 33.0 Å². The average Bonchev–Trinajstić information content (AvgIpc) is 3.44. The van der Waals surface area contributed by atoms with E-state index in [1.165, 1.54) is 25.3 Å². The first-order chi connectivity index (χ1) is 17.8. The van der Waals surface area contributed by atoms with Gasteiger partial charge in [0.05, 0.1) is 25.3 Å². The molecule has 0 radical (unpaired) electrons. The number of carbonyl (C=O) groups excluding carboxylic acids is 3. The lowest BCUT2D eigenvalue weighted by atomic mass is 10.1. The summed E-state index contributed by atoms with van der Waals surface area (Å²) in [4.78, 5) is 37.9. The molecule has 1 N–H and O–H groups in total. The zero-order valence-corrected chi connectivity index (χ0v) is 21.3. The van der Waals surface area contributed by atoms with Gasteiger partial charge in [-0.3, -0.25) is 9.69 Å². The second-order valence-corrected chi connectivity index (χ2v) is 8.58. The Morgan fingerprint density at radius 2 is 1.95 bits per heavy atom. The van der Waals surface area contributed by atoms with Crippen LogP contribution in [0, 0.1) is 6.92 Å². The fourth-order valence-electron chi connectivity index (χ4n) is 3.74. The van der Waals surface area contributed by atoms with Crippen molar-refractivity contribution in [2.45, 2.75) is 27.0 Å². The van der Waals surface area contributed by atoms with E-state index in [1.807, 2.05) is 38.1 Å². The largest absolute Gasteiger partial charge is 0.490 e. The Morgan fingerprint density at radius 1 is 1.14 bits per heavy atom. The molecule has 1 aliphatic heterocycles. The molecule has 3 amide bonds. The third kappa shape index (κ3) is 5.95. The van der Waals surface area contributed by atoms with Gasteiger partial charge in [-0.05, 0) is 55.3 Å². The molecule has 0 unspecified atom stereocenters. The van der Waals surface area contributed by atoms with Gasteiger partial charge in [0.15, 0.2) is 11.5 Å². The van der Waals surface area contributed by atoms with Crippen molar-refractivity contribution >= 4 is 35.6 Å². The minimum Gasteiger partial charge on any atom is -0.490 e. The van der Waals surface area contributed by atoms with Gasteiger partial charge in [0.2, 0.25) is 5.76 Å². The quantitative estimate of drug-likeness (QED) is 0.236. The zero-order valence-electron chi connectivity index (χ0n) is 20.5. The number of ether oxygens (including phenoxy) is 3. The van der Waals surface area contributed by atoms with Gasteiger partial charge in [0.1, 0.15) is 18.1 Å².